The summed E-state index contributed by atoms with van der Waals surface area (Å²) < 4.78 is 32.4. The number of nitrogens with two attached hydrogens (primary N) is 1. The van der Waals surface area contributed by atoms with Crippen LogP contribution in [0.1, 0.15) is 99.4 Å². The lowest BCUT2D eigenvalue weighted by Crippen LogP contribution is -2.48. The van der Waals surface area contributed by atoms with Crippen LogP contribution >= 0.6 is 0 Å². The zero-order valence-electron chi connectivity index (χ0n) is 38.6. The maximum Gasteiger partial charge on any atom is 0.329 e. The fourth-order valence-corrected chi connectivity index (χ4v) is 10.9. The number of aromatic nitrogens is 2. The smallest absolute Gasteiger partial charge is 0.329 e. The number of allylic oxidation sites excluding steroid dienone is 1. The number of anilines is 1. The van der Waals surface area contributed by atoms with Gasteiger partial charge in [0.15, 0.2) is 0 Å². The van der Waals surface area contributed by atoms with Crippen LogP contribution in [-0.4, -0.2) is 126 Å². The Morgan fingerprint density at radius 1 is 0.985 bits per heavy atom. The van der Waals surface area contributed by atoms with Crippen LogP contribution < -0.4 is 27.0 Å². The number of nitrogens with zero attached hydrogens (tertiary/aromatic N) is 7. The van der Waals surface area contributed by atoms with E-state index in [2.05, 4.69) is 31.5 Å². The van der Waals surface area contributed by atoms with Gasteiger partial charge in [-0.2, -0.15) is 0 Å². The van der Waals surface area contributed by atoms with Crippen molar-refractivity contribution in [2.24, 2.45) is 23.7 Å². The van der Waals surface area contributed by atoms with Crippen LogP contribution in [-0.2, 0) is 34.3 Å². The summed E-state index contributed by atoms with van der Waals surface area (Å²) in [4.78, 5) is 63.2. The van der Waals surface area contributed by atoms with Crippen LogP contribution in [0.25, 0.3) is 16.6 Å². The highest BCUT2D eigenvalue weighted by Gasteiger charge is 2.34. The number of hydrogen-bond acceptors (Lipinski definition) is 10. The minimum absolute atomic E-state index is 0.0531. The first-order valence-electron chi connectivity index (χ1n) is 23.7. The number of halogens is 2. The molecule has 3 saturated heterocycles. The van der Waals surface area contributed by atoms with Gasteiger partial charge in [0.25, 0.3) is 6.43 Å². The number of piperidine rings is 3. The van der Waals surface area contributed by atoms with Gasteiger partial charge >= 0.3 is 5.69 Å². The molecule has 3 amide bonds. The lowest BCUT2D eigenvalue weighted by Gasteiger charge is -2.39. The molecule has 0 bridgehead atoms. The summed E-state index contributed by atoms with van der Waals surface area (Å²) >= 11 is 0. The van der Waals surface area contributed by atoms with Crippen molar-refractivity contribution in [3.63, 3.8) is 0 Å². The first kappa shape index (κ1) is 46.8. The Morgan fingerprint density at radius 3 is 2.38 bits per heavy atom. The van der Waals surface area contributed by atoms with E-state index in [1.807, 2.05) is 17.0 Å². The number of para-hydroxylation sites is 1. The minimum atomic E-state index is -2.75. The van der Waals surface area contributed by atoms with Gasteiger partial charge in [-0.25, -0.2) is 13.6 Å². The molecule has 5 aliphatic heterocycles. The summed E-state index contributed by atoms with van der Waals surface area (Å²) in [6, 6.07) is 8.76. The highest BCUT2D eigenvalue weighted by atomic mass is 19.3. The fraction of sp³-hybridized carbons (Fsp3) is 0.551. The van der Waals surface area contributed by atoms with Crippen molar-refractivity contribution in [1.82, 2.24) is 34.5 Å². The third-order valence-corrected chi connectivity index (χ3v) is 14.6. The van der Waals surface area contributed by atoms with E-state index in [4.69, 9.17) is 5.73 Å². The molecule has 3 fully saturated rings. The van der Waals surface area contributed by atoms with E-state index in [0.717, 1.165) is 118 Å². The molecule has 3 aromatic rings. The number of aliphatic imine (C=N–C) groups is 1. The van der Waals surface area contributed by atoms with Crippen LogP contribution in [0.2, 0.25) is 0 Å². The standard InChI is InChI=1S/C49H65F2N11O4/c1-31(63)60-23-17-40(39(30-60)47(53)61-18-5-7-34-26-37(35(28-52)29-54-2)38(46(50)51)27-43(34)61)55-36-15-21-59(22-16-36)25-24-58-19-13-32(14-20-58)9-10-33-6-4-8-41-45(33)57(3)49(66)62(41)42-11-12-44(64)56-48(42)65/h4,6,8,26-29,32,36,42,46,53,55H,5,7,9-25,30,52H2,1-3H3,(H,56,64,65). The number of carbonyl (C=O) groups excluding carboxylic acids is 3. The Balaban J connectivity index is 0.842. The molecule has 0 radical (unpaired) electrons. The van der Waals surface area contributed by atoms with Crippen LogP contribution in [0.5, 0.6) is 0 Å². The van der Waals surface area contributed by atoms with Gasteiger partial charge in [0, 0.05) is 120 Å². The number of likely N-dealkylation sites (tertiary alicyclic amines) is 2. The highest BCUT2D eigenvalue weighted by molar-refractivity contribution is 6.12. The van der Waals surface area contributed by atoms with Crippen LogP contribution in [0, 0.1) is 11.3 Å². The minimum Gasteiger partial charge on any atom is -0.404 e. The average Bonchev–Trinajstić information content (AvgIpc) is 3.57. The van der Waals surface area contributed by atoms with E-state index in [1.54, 1.807) is 41.1 Å². The molecule has 0 aliphatic carbocycles. The molecule has 1 aromatic heterocycles. The maximum atomic E-state index is 14.6. The normalized spacial score (nSPS) is 21.1. The van der Waals surface area contributed by atoms with Crippen molar-refractivity contribution in [2.45, 2.75) is 96.1 Å². The number of amidine groups is 1. The van der Waals surface area contributed by atoms with E-state index in [9.17, 15) is 33.4 Å². The van der Waals surface area contributed by atoms with Gasteiger partial charge in [-0.3, -0.25) is 39.2 Å². The molecule has 6 heterocycles. The third kappa shape index (κ3) is 9.87. The van der Waals surface area contributed by atoms with Gasteiger partial charge in [0.05, 0.1) is 17.6 Å². The van der Waals surface area contributed by atoms with E-state index >= 15 is 0 Å². The topological polar surface area (TPSA) is 177 Å². The summed E-state index contributed by atoms with van der Waals surface area (Å²) in [5.74, 6) is 0.0665. The number of hydrogen-bond donors (Lipinski definition) is 4. The Labute approximate surface area is 385 Å². The van der Waals surface area contributed by atoms with Crippen molar-refractivity contribution in [3.05, 3.63) is 80.5 Å². The molecule has 8 rings (SSSR count). The third-order valence-electron chi connectivity index (χ3n) is 14.6. The summed E-state index contributed by atoms with van der Waals surface area (Å²) in [5, 5.41) is 15.8. The van der Waals surface area contributed by atoms with E-state index in [-0.39, 0.29) is 41.4 Å². The molecule has 17 heteroatoms. The molecule has 5 aliphatic rings. The number of carbonyl (C=O) groups is 3. The van der Waals surface area contributed by atoms with E-state index in [0.29, 0.717) is 61.6 Å². The van der Waals surface area contributed by atoms with Crippen molar-refractivity contribution in [3.8, 4) is 0 Å². The van der Waals surface area contributed by atoms with Gasteiger partial charge in [-0.1, -0.05) is 12.1 Å². The SMILES string of the molecule is CN=CC(=CN)c1cc2c(cc1C(F)F)N(C(=N)C1=C(NC3CCN(CCN4CCC(CCc5cccc6c5n(C)c(=O)n6C5CCC(=O)NC5=O)CC4)CC3)CCN(C(C)=O)C1)CCC2. The Kier molecular flexibility index (Phi) is 14.5. The van der Waals surface area contributed by atoms with Crippen molar-refractivity contribution >= 4 is 52.1 Å². The lowest BCUT2D eigenvalue weighted by molar-refractivity contribution is -0.135. The lowest BCUT2D eigenvalue weighted by atomic mass is 9.90. The number of fused-ring (bicyclic) bond motifs is 2. The molecule has 354 valence electrons. The first-order chi connectivity index (χ1) is 31.8. The second kappa shape index (κ2) is 20.5. The van der Waals surface area contributed by atoms with Crippen molar-refractivity contribution < 1.29 is 23.2 Å². The number of alkyl halides is 2. The summed E-state index contributed by atoms with van der Waals surface area (Å²) in [6.45, 7) is 9.00. The average molecular weight is 910 g/mol. The molecular formula is C49H65F2N11O4. The van der Waals surface area contributed by atoms with E-state index in [1.165, 1.54) is 18.5 Å². The van der Waals surface area contributed by atoms with E-state index < -0.39 is 18.4 Å². The van der Waals surface area contributed by atoms with Gasteiger partial charge in [-0.05, 0) is 112 Å². The number of imide groups is 1. The van der Waals surface area contributed by atoms with Crippen LogP contribution in [0.4, 0.5) is 14.5 Å². The number of imidazole rings is 1. The quantitative estimate of drug-likeness (QED) is 0.106. The number of rotatable bonds is 13. The molecule has 5 N–H and O–H groups in total. The Bertz CT molecular complexity index is 2490. The molecule has 1 atom stereocenters. The molecule has 0 spiro atoms. The zero-order valence-corrected chi connectivity index (χ0v) is 38.6. The second-order valence-corrected chi connectivity index (χ2v) is 18.7. The van der Waals surface area contributed by atoms with Crippen LogP contribution in [0.15, 0.2) is 57.6 Å². The number of aryl methyl sites for hydroxylation is 3. The summed E-state index contributed by atoms with van der Waals surface area (Å²) in [6.07, 6.45) is 8.68. The van der Waals surface area contributed by atoms with Gasteiger partial charge in [0.1, 0.15) is 11.9 Å². The molecule has 66 heavy (non-hydrogen) atoms. The molecular weight excluding hydrogens is 845 g/mol. The van der Waals surface area contributed by atoms with Crippen LogP contribution in [0.3, 0.4) is 0 Å². The number of amides is 3. The number of nitrogens with one attached hydrogen (secondary N) is 3. The van der Waals surface area contributed by atoms with Crippen molar-refractivity contribution in [1.29, 1.82) is 5.41 Å². The summed E-state index contributed by atoms with van der Waals surface area (Å²) in [7, 11) is 3.34. The zero-order chi connectivity index (χ0) is 46.6. The van der Waals surface area contributed by atoms with Gasteiger partial charge < -0.3 is 30.7 Å². The maximum absolute atomic E-state index is 14.6. The molecule has 1 unspecified atom stereocenters. The molecule has 15 nitrogen and oxygen atoms in total. The predicted molar refractivity (Wildman–Crippen MR) is 254 cm³/mol. The number of benzene rings is 2. The van der Waals surface area contributed by atoms with Gasteiger partial charge in [0.2, 0.25) is 17.7 Å². The van der Waals surface area contributed by atoms with Gasteiger partial charge in [-0.15, -0.1) is 0 Å². The molecule has 0 saturated carbocycles. The Hall–Kier alpha value is -5.68. The first-order valence-corrected chi connectivity index (χ1v) is 23.7. The monoisotopic (exact) mass is 910 g/mol. The molecule has 2 aromatic carbocycles. The Morgan fingerprint density at radius 2 is 1.71 bits per heavy atom. The fourth-order valence-electron chi connectivity index (χ4n) is 10.9. The van der Waals surface area contributed by atoms with Crippen molar-refractivity contribution in [2.75, 3.05) is 70.9 Å². The second-order valence-electron chi connectivity index (χ2n) is 18.7. The summed E-state index contributed by atoms with van der Waals surface area (Å²) in [5.41, 5.74) is 12.1. The highest BCUT2D eigenvalue weighted by Crippen LogP contribution is 2.38. The largest absolute Gasteiger partial charge is 0.404 e. The predicted octanol–water partition coefficient (Wildman–Crippen LogP) is 4.89.